The van der Waals surface area contributed by atoms with Gasteiger partial charge in [0.05, 0.1) is 12.5 Å². The number of fused-ring (bicyclic) bond motifs is 1. The molecular weight excluding hydrogens is 260 g/mol. The standard InChI is InChI=1S/C13H12N4O3/c18-13(19)10-7-11-12(15-4-5-17(11)16-10)14-3-1-9-2-6-20-8-9/h2,4-8H,1,3H2,(H,14,15)(H,18,19). The number of hydrogen-bond acceptors (Lipinski definition) is 5. The molecule has 0 spiro atoms. The molecular formula is C13H12N4O3. The Morgan fingerprint density at radius 3 is 3.15 bits per heavy atom. The Morgan fingerprint density at radius 1 is 1.50 bits per heavy atom. The molecule has 0 amide bonds. The third kappa shape index (κ3) is 2.33. The predicted molar refractivity (Wildman–Crippen MR) is 70.8 cm³/mol. The van der Waals surface area contributed by atoms with E-state index in [1.165, 1.54) is 10.6 Å². The van der Waals surface area contributed by atoms with Gasteiger partial charge in [-0.2, -0.15) is 5.10 Å². The number of aromatic nitrogens is 3. The molecule has 20 heavy (non-hydrogen) atoms. The number of hydrogen-bond donors (Lipinski definition) is 2. The molecule has 3 aromatic heterocycles. The van der Waals surface area contributed by atoms with Crippen LogP contribution in [0.3, 0.4) is 0 Å². The molecule has 0 bridgehead atoms. The number of rotatable bonds is 5. The van der Waals surface area contributed by atoms with Gasteiger partial charge in [0.25, 0.3) is 0 Å². The molecule has 3 rings (SSSR count). The summed E-state index contributed by atoms with van der Waals surface area (Å²) in [5.74, 6) is -0.450. The van der Waals surface area contributed by atoms with Crippen LogP contribution >= 0.6 is 0 Å². The second-order valence-corrected chi connectivity index (χ2v) is 4.25. The molecule has 0 aliphatic carbocycles. The summed E-state index contributed by atoms with van der Waals surface area (Å²) in [6.07, 6.45) is 7.30. The highest BCUT2D eigenvalue weighted by molar-refractivity contribution is 5.88. The van der Waals surface area contributed by atoms with E-state index in [4.69, 9.17) is 9.52 Å². The summed E-state index contributed by atoms with van der Waals surface area (Å²) in [5.41, 5.74) is 1.72. The summed E-state index contributed by atoms with van der Waals surface area (Å²) < 4.78 is 6.49. The van der Waals surface area contributed by atoms with E-state index in [0.29, 0.717) is 17.9 Å². The molecule has 0 atom stereocenters. The molecule has 0 saturated heterocycles. The molecule has 3 heterocycles. The lowest BCUT2D eigenvalue weighted by Gasteiger charge is -2.05. The van der Waals surface area contributed by atoms with Crippen LogP contribution in [0.2, 0.25) is 0 Å². The Labute approximate surface area is 113 Å². The van der Waals surface area contributed by atoms with Crippen LogP contribution in [0, 0.1) is 0 Å². The molecule has 0 fully saturated rings. The third-order valence-corrected chi connectivity index (χ3v) is 2.90. The van der Waals surface area contributed by atoms with Crippen molar-refractivity contribution in [3.63, 3.8) is 0 Å². The Morgan fingerprint density at radius 2 is 2.40 bits per heavy atom. The van der Waals surface area contributed by atoms with E-state index in [9.17, 15) is 4.79 Å². The highest BCUT2D eigenvalue weighted by Gasteiger charge is 2.11. The van der Waals surface area contributed by atoms with Crippen molar-refractivity contribution in [2.75, 3.05) is 11.9 Å². The second-order valence-electron chi connectivity index (χ2n) is 4.25. The van der Waals surface area contributed by atoms with Crippen molar-refractivity contribution in [3.05, 3.63) is 48.3 Å². The van der Waals surface area contributed by atoms with E-state index in [0.717, 1.165) is 12.0 Å². The summed E-state index contributed by atoms with van der Waals surface area (Å²) in [5, 5.41) is 16.1. The fraction of sp³-hybridized carbons (Fsp3) is 0.154. The number of furan rings is 1. The second kappa shape index (κ2) is 5.04. The first-order chi connectivity index (χ1) is 9.74. The first-order valence-electron chi connectivity index (χ1n) is 6.06. The van der Waals surface area contributed by atoms with Gasteiger partial charge in [-0.1, -0.05) is 0 Å². The lowest BCUT2D eigenvalue weighted by Crippen LogP contribution is -2.07. The third-order valence-electron chi connectivity index (χ3n) is 2.90. The Kier molecular flexibility index (Phi) is 3.08. The van der Waals surface area contributed by atoms with E-state index in [1.54, 1.807) is 24.9 Å². The molecule has 0 aliphatic heterocycles. The number of nitrogens with one attached hydrogen (secondary N) is 1. The minimum absolute atomic E-state index is 0.00381. The topological polar surface area (TPSA) is 92.7 Å². The molecule has 0 saturated carbocycles. The predicted octanol–water partition coefficient (Wildman–Crippen LogP) is 1.68. The van der Waals surface area contributed by atoms with E-state index in [1.807, 2.05) is 6.07 Å². The minimum Gasteiger partial charge on any atom is -0.476 e. The van der Waals surface area contributed by atoms with Crippen molar-refractivity contribution in [1.29, 1.82) is 0 Å². The summed E-state index contributed by atoms with van der Waals surface area (Å²) in [6, 6.07) is 3.40. The normalized spacial score (nSPS) is 10.8. The highest BCUT2D eigenvalue weighted by Crippen LogP contribution is 2.15. The van der Waals surface area contributed by atoms with Gasteiger partial charge in [-0.05, 0) is 18.1 Å². The molecule has 3 aromatic rings. The molecule has 0 radical (unpaired) electrons. The maximum absolute atomic E-state index is 10.9. The maximum atomic E-state index is 10.9. The summed E-state index contributed by atoms with van der Waals surface area (Å²) in [6.45, 7) is 0.666. The fourth-order valence-corrected chi connectivity index (χ4v) is 1.92. The number of nitrogens with zero attached hydrogens (tertiary/aromatic N) is 3. The first-order valence-corrected chi connectivity index (χ1v) is 6.06. The van der Waals surface area contributed by atoms with Crippen molar-refractivity contribution in [3.8, 4) is 0 Å². The quantitative estimate of drug-likeness (QED) is 0.734. The summed E-state index contributed by atoms with van der Waals surface area (Å²) in [7, 11) is 0. The minimum atomic E-state index is -1.06. The van der Waals surface area contributed by atoms with Crippen molar-refractivity contribution < 1.29 is 14.3 Å². The van der Waals surface area contributed by atoms with E-state index < -0.39 is 5.97 Å². The molecule has 7 nitrogen and oxygen atoms in total. The fourth-order valence-electron chi connectivity index (χ4n) is 1.92. The van der Waals surface area contributed by atoms with E-state index in [-0.39, 0.29) is 5.69 Å². The van der Waals surface area contributed by atoms with Crippen LogP contribution in [0.4, 0.5) is 5.82 Å². The number of carboxylic acid groups (broad SMARTS) is 1. The molecule has 2 N–H and O–H groups in total. The zero-order valence-electron chi connectivity index (χ0n) is 10.5. The van der Waals surface area contributed by atoms with Gasteiger partial charge in [0.1, 0.15) is 5.52 Å². The largest absolute Gasteiger partial charge is 0.476 e. The van der Waals surface area contributed by atoms with Gasteiger partial charge < -0.3 is 14.8 Å². The van der Waals surface area contributed by atoms with Crippen LogP contribution in [-0.4, -0.2) is 32.2 Å². The Hall–Kier alpha value is -2.83. The van der Waals surface area contributed by atoms with Crippen LogP contribution in [0.1, 0.15) is 16.1 Å². The van der Waals surface area contributed by atoms with Gasteiger partial charge in [0.2, 0.25) is 0 Å². The van der Waals surface area contributed by atoms with E-state index >= 15 is 0 Å². The van der Waals surface area contributed by atoms with Crippen LogP contribution in [0.15, 0.2) is 41.5 Å². The van der Waals surface area contributed by atoms with Gasteiger partial charge in [0.15, 0.2) is 11.5 Å². The monoisotopic (exact) mass is 272 g/mol. The lowest BCUT2D eigenvalue weighted by molar-refractivity contribution is 0.0690. The zero-order valence-corrected chi connectivity index (χ0v) is 10.5. The van der Waals surface area contributed by atoms with Crippen LogP contribution in [-0.2, 0) is 6.42 Å². The molecule has 7 heteroatoms. The molecule has 0 aliphatic rings. The van der Waals surface area contributed by atoms with Crippen molar-refractivity contribution in [2.24, 2.45) is 0 Å². The Bertz CT molecular complexity index is 733. The van der Waals surface area contributed by atoms with Crippen molar-refractivity contribution in [2.45, 2.75) is 6.42 Å². The average Bonchev–Trinajstić information content (AvgIpc) is 3.07. The average molecular weight is 272 g/mol. The molecule has 0 aromatic carbocycles. The van der Waals surface area contributed by atoms with Gasteiger partial charge in [0, 0.05) is 25.0 Å². The van der Waals surface area contributed by atoms with Gasteiger partial charge in [-0.15, -0.1) is 0 Å². The van der Waals surface area contributed by atoms with Gasteiger partial charge in [-0.25, -0.2) is 14.3 Å². The highest BCUT2D eigenvalue weighted by atomic mass is 16.4. The van der Waals surface area contributed by atoms with Crippen molar-refractivity contribution in [1.82, 2.24) is 14.6 Å². The first kappa shape index (κ1) is 12.2. The number of carbonyl (C=O) groups is 1. The smallest absolute Gasteiger partial charge is 0.356 e. The van der Waals surface area contributed by atoms with Gasteiger partial charge in [-0.3, -0.25) is 0 Å². The van der Waals surface area contributed by atoms with E-state index in [2.05, 4.69) is 15.4 Å². The zero-order chi connectivity index (χ0) is 13.9. The van der Waals surface area contributed by atoms with Crippen LogP contribution in [0.5, 0.6) is 0 Å². The molecule has 102 valence electrons. The van der Waals surface area contributed by atoms with Gasteiger partial charge >= 0.3 is 5.97 Å². The summed E-state index contributed by atoms with van der Waals surface area (Å²) in [4.78, 5) is 15.1. The van der Waals surface area contributed by atoms with Crippen LogP contribution < -0.4 is 5.32 Å². The maximum Gasteiger partial charge on any atom is 0.356 e. The van der Waals surface area contributed by atoms with Crippen LogP contribution in [0.25, 0.3) is 5.52 Å². The number of carboxylic acids is 1. The Balaban J connectivity index is 1.78. The molecule has 0 unspecified atom stereocenters. The lowest BCUT2D eigenvalue weighted by atomic mass is 10.2. The summed E-state index contributed by atoms with van der Waals surface area (Å²) >= 11 is 0. The SMILES string of the molecule is O=C(O)c1cc2c(NCCc3ccoc3)nccn2n1. The number of aromatic carboxylic acids is 1. The van der Waals surface area contributed by atoms with Crippen molar-refractivity contribution >= 4 is 17.3 Å². The number of anilines is 1.